The highest BCUT2D eigenvalue weighted by Crippen LogP contribution is 2.37. The first-order chi connectivity index (χ1) is 9.67. The van der Waals surface area contributed by atoms with Gasteiger partial charge in [-0.2, -0.15) is 0 Å². The molecule has 0 saturated heterocycles. The summed E-state index contributed by atoms with van der Waals surface area (Å²) in [5.74, 6) is -0.132. The molecule has 118 valence electrons. The lowest BCUT2D eigenvalue weighted by atomic mass is 9.94. The lowest BCUT2D eigenvalue weighted by molar-refractivity contribution is -0.120. The minimum Gasteiger partial charge on any atom is -0.324 e. The lowest BCUT2D eigenvalue weighted by Gasteiger charge is -2.18. The Morgan fingerprint density at radius 3 is 2.57 bits per heavy atom. The number of halogens is 1. The smallest absolute Gasteiger partial charge is 0.324 e. The van der Waals surface area contributed by atoms with Crippen LogP contribution < -0.4 is 5.32 Å². The Kier molecular flexibility index (Phi) is 6.81. The summed E-state index contributed by atoms with van der Waals surface area (Å²) >= 11 is 5.72. The van der Waals surface area contributed by atoms with Gasteiger partial charge in [-0.15, -0.1) is 0 Å². The Labute approximate surface area is 129 Å². The maximum atomic E-state index is 12.2. The van der Waals surface area contributed by atoms with Crippen molar-refractivity contribution in [1.82, 2.24) is 4.98 Å². The number of carbonyl (C=O) groups is 1. The molecule has 1 heterocycles. The molecule has 0 spiro atoms. The van der Waals surface area contributed by atoms with E-state index in [1.807, 2.05) is 13.8 Å². The van der Waals surface area contributed by atoms with E-state index >= 15 is 0 Å². The molecule has 0 aromatic carbocycles. The molecule has 1 atom stereocenters. The zero-order valence-corrected chi connectivity index (χ0v) is 13.6. The first-order valence-corrected chi connectivity index (χ1v) is 8.82. The highest BCUT2D eigenvalue weighted by molar-refractivity contribution is 7.51. The maximum Gasteiger partial charge on any atom is 0.325 e. The van der Waals surface area contributed by atoms with E-state index < -0.39 is 13.5 Å². The Morgan fingerprint density at radius 2 is 2.10 bits per heavy atom. The molecule has 1 aromatic rings. The summed E-state index contributed by atoms with van der Waals surface area (Å²) in [6.07, 6.45) is 1.82. The fourth-order valence-corrected chi connectivity index (χ4v) is 2.69. The monoisotopic (exact) mass is 334 g/mol. The fraction of sp³-hybridized carbons (Fsp3) is 0.538. The quantitative estimate of drug-likeness (QED) is 0.666. The highest BCUT2D eigenvalue weighted by atomic mass is 35.5. The van der Waals surface area contributed by atoms with Gasteiger partial charge in [0.25, 0.3) is 0 Å². The van der Waals surface area contributed by atoms with Crippen molar-refractivity contribution < 1.29 is 19.1 Å². The number of amides is 1. The van der Waals surface area contributed by atoms with Crippen molar-refractivity contribution in [3.63, 3.8) is 0 Å². The normalized spacial score (nSPS) is 13.2. The average molecular weight is 335 g/mol. The minimum atomic E-state index is -4.10. The zero-order chi connectivity index (χ0) is 16.0. The van der Waals surface area contributed by atoms with Crippen LogP contribution in [0.25, 0.3) is 0 Å². The Morgan fingerprint density at radius 1 is 1.43 bits per heavy atom. The van der Waals surface area contributed by atoms with E-state index in [1.165, 1.54) is 6.20 Å². The Hall–Kier alpha value is -0.940. The summed E-state index contributed by atoms with van der Waals surface area (Å²) in [5.41, 5.74) is 0. The van der Waals surface area contributed by atoms with Crippen LogP contribution in [0, 0.1) is 11.8 Å². The molecule has 3 N–H and O–H groups in total. The van der Waals surface area contributed by atoms with E-state index in [4.69, 9.17) is 21.4 Å². The van der Waals surface area contributed by atoms with Crippen molar-refractivity contribution in [2.45, 2.75) is 26.7 Å². The Balaban J connectivity index is 2.70. The van der Waals surface area contributed by atoms with Crippen LogP contribution in [0.3, 0.4) is 0 Å². The molecular weight excluding hydrogens is 315 g/mol. The molecule has 1 rings (SSSR count). The van der Waals surface area contributed by atoms with Gasteiger partial charge in [-0.05, 0) is 30.9 Å². The topological polar surface area (TPSA) is 99.5 Å². The fourth-order valence-electron chi connectivity index (χ4n) is 1.93. The van der Waals surface area contributed by atoms with Crippen LogP contribution >= 0.6 is 19.2 Å². The lowest BCUT2D eigenvalue weighted by Crippen LogP contribution is -2.25. The highest BCUT2D eigenvalue weighted by Gasteiger charge is 2.24. The summed E-state index contributed by atoms with van der Waals surface area (Å²) in [6.45, 7) is 3.91. The summed E-state index contributed by atoms with van der Waals surface area (Å²) < 4.78 is 11.0. The molecule has 0 bridgehead atoms. The molecule has 0 aliphatic heterocycles. The second kappa shape index (κ2) is 7.90. The predicted octanol–water partition coefficient (Wildman–Crippen LogP) is 2.90. The summed E-state index contributed by atoms with van der Waals surface area (Å²) in [6, 6.07) is 3.19. The summed E-state index contributed by atoms with van der Waals surface area (Å²) in [7, 11) is -4.10. The molecule has 1 unspecified atom stereocenters. The zero-order valence-electron chi connectivity index (χ0n) is 12.0. The van der Waals surface area contributed by atoms with Gasteiger partial charge in [-0.25, -0.2) is 4.98 Å². The number of nitrogens with zero attached hydrogens (tertiary/aromatic N) is 1. The van der Waals surface area contributed by atoms with E-state index in [9.17, 15) is 9.36 Å². The van der Waals surface area contributed by atoms with Crippen LogP contribution in [0.4, 0.5) is 5.82 Å². The van der Waals surface area contributed by atoms with Crippen LogP contribution in [0.5, 0.6) is 0 Å². The number of carbonyl (C=O) groups excluding carboxylic acids is 1. The van der Waals surface area contributed by atoms with Crippen molar-refractivity contribution >= 4 is 30.9 Å². The van der Waals surface area contributed by atoms with Crippen molar-refractivity contribution in [1.29, 1.82) is 0 Å². The van der Waals surface area contributed by atoms with Gasteiger partial charge >= 0.3 is 7.60 Å². The second-order valence-electron chi connectivity index (χ2n) is 5.35. The van der Waals surface area contributed by atoms with Gasteiger partial charge in [0.05, 0.1) is 11.2 Å². The van der Waals surface area contributed by atoms with Gasteiger partial charge in [0.2, 0.25) is 5.91 Å². The molecular formula is C13H20ClN2O4P. The van der Waals surface area contributed by atoms with Crippen LogP contribution in [-0.2, 0) is 9.36 Å². The number of hydrogen-bond acceptors (Lipinski definition) is 3. The molecule has 0 saturated carbocycles. The van der Waals surface area contributed by atoms with Crippen molar-refractivity contribution in [2.24, 2.45) is 11.8 Å². The van der Waals surface area contributed by atoms with Crippen molar-refractivity contribution in [3.8, 4) is 0 Å². The SMILES string of the molecule is CC(C)CC(CCP(=O)(O)O)C(=O)Nc1ccc(Cl)cn1. The van der Waals surface area contributed by atoms with Gasteiger partial charge in [0.15, 0.2) is 0 Å². The molecule has 21 heavy (non-hydrogen) atoms. The summed E-state index contributed by atoms with van der Waals surface area (Å²) in [5, 5.41) is 3.12. The van der Waals surface area contributed by atoms with E-state index in [1.54, 1.807) is 12.1 Å². The first kappa shape index (κ1) is 18.1. The Bertz CT molecular complexity index is 515. The molecule has 0 fully saturated rings. The largest absolute Gasteiger partial charge is 0.325 e. The third kappa shape index (κ3) is 7.58. The molecule has 0 aliphatic rings. The average Bonchev–Trinajstić information content (AvgIpc) is 2.35. The second-order valence-corrected chi connectivity index (χ2v) is 7.57. The minimum absolute atomic E-state index is 0.141. The van der Waals surface area contributed by atoms with Gasteiger partial charge in [0, 0.05) is 12.1 Å². The number of pyridine rings is 1. The predicted molar refractivity (Wildman–Crippen MR) is 82.3 cm³/mol. The number of aromatic nitrogens is 1. The third-order valence-electron chi connectivity index (χ3n) is 2.87. The summed E-state index contributed by atoms with van der Waals surface area (Å²) in [4.78, 5) is 34.1. The van der Waals surface area contributed by atoms with Gasteiger partial charge < -0.3 is 15.1 Å². The molecule has 1 aromatic heterocycles. The van der Waals surface area contributed by atoms with E-state index in [0.717, 1.165) is 0 Å². The molecule has 0 radical (unpaired) electrons. The first-order valence-electron chi connectivity index (χ1n) is 6.64. The standard InChI is InChI=1S/C13H20ClN2O4P/c1-9(2)7-10(5-6-21(18,19)20)13(17)16-12-4-3-11(14)8-15-12/h3-4,8-10H,5-7H2,1-2H3,(H,15,16,17)(H2,18,19,20). The van der Waals surface area contributed by atoms with Gasteiger partial charge in [0.1, 0.15) is 5.82 Å². The maximum absolute atomic E-state index is 12.2. The van der Waals surface area contributed by atoms with E-state index in [2.05, 4.69) is 10.3 Å². The molecule has 8 heteroatoms. The molecule has 0 aliphatic carbocycles. The third-order valence-corrected chi connectivity index (χ3v) is 3.94. The van der Waals surface area contributed by atoms with E-state index in [-0.39, 0.29) is 24.4 Å². The van der Waals surface area contributed by atoms with Gasteiger partial charge in [-0.3, -0.25) is 9.36 Å². The van der Waals surface area contributed by atoms with Crippen LogP contribution in [0.15, 0.2) is 18.3 Å². The molecule has 1 amide bonds. The van der Waals surface area contributed by atoms with Gasteiger partial charge in [-0.1, -0.05) is 25.4 Å². The van der Waals surface area contributed by atoms with Crippen LogP contribution in [-0.4, -0.2) is 26.8 Å². The number of hydrogen-bond donors (Lipinski definition) is 3. The van der Waals surface area contributed by atoms with Crippen LogP contribution in [0.2, 0.25) is 5.02 Å². The number of nitrogens with one attached hydrogen (secondary N) is 1. The van der Waals surface area contributed by atoms with E-state index in [0.29, 0.717) is 17.3 Å². The number of anilines is 1. The van der Waals surface area contributed by atoms with Crippen molar-refractivity contribution in [2.75, 3.05) is 11.5 Å². The number of rotatable bonds is 7. The van der Waals surface area contributed by atoms with Crippen LogP contribution in [0.1, 0.15) is 26.7 Å². The van der Waals surface area contributed by atoms with Crippen molar-refractivity contribution in [3.05, 3.63) is 23.4 Å². The molecule has 6 nitrogen and oxygen atoms in total.